The van der Waals surface area contributed by atoms with E-state index in [2.05, 4.69) is 0 Å². The molecule has 0 unspecified atom stereocenters. The standard InChI is InChI=1S/C7H17N3O3/c8-5-6(9)7(13)10(1-3-11)2-4-12/h6,11-12H,1-5,8-9H2/t6-/m0/s1. The van der Waals surface area contributed by atoms with Crippen molar-refractivity contribution in [3.8, 4) is 0 Å². The maximum absolute atomic E-state index is 11.4. The lowest BCUT2D eigenvalue weighted by Gasteiger charge is -2.23. The molecule has 0 aliphatic heterocycles. The molecule has 0 fully saturated rings. The summed E-state index contributed by atoms with van der Waals surface area (Å²) >= 11 is 0. The van der Waals surface area contributed by atoms with Gasteiger partial charge in [0, 0.05) is 19.6 Å². The minimum absolute atomic E-state index is 0.0617. The molecule has 6 heteroatoms. The van der Waals surface area contributed by atoms with Crippen molar-refractivity contribution in [1.29, 1.82) is 0 Å². The number of amides is 1. The number of aliphatic hydroxyl groups is 2. The normalized spacial score (nSPS) is 12.6. The number of rotatable bonds is 6. The molecule has 0 heterocycles. The lowest BCUT2D eigenvalue weighted by Crippen LogP contribution is -2.49. The molecule has 0 radical (unpaired) electrons. The van der Waals surface area contributed by atoms with Crippen LogP contribution >= 0.6 is 0 Å². The van der Waals surface area contributed by atoms with Crippen molar-refractivity contribution < 1.29 is 15.0 Å². The van der Waals surface area contributed by atoms with E-state index in [-0.39, 0.29) is 38.8 Å². The highest BCUT2D eigenvalue weighted by Gasteiger charge is 2.18. The van der Waals surface area contributed by atoms with E-state index >= 15 is 0 Å². The largest absolute Gasteiger partial charge is 0.395 e. The number of nitrogens with two attached hydrogens (primary N) is 2. The van der Waals surface area contributed by atoms with Crippen LogP contribution in [0.3, 0.4) is 0 Å². The van der Waals surface area contributed by atoms with Gasteiger partial charge in [-0.1, -0.05) is 0 Å². The van der Waals surface area contributed by atoms with Crippen LogP contribution in [0.15, 0.2) is 0 Å². The Kier molecular flexibility index (Phi) is 6.43. The van der Waals surface area contributed by atoms with Crippen LogP contribution in [0, 0.1) is 0 Å². The van der Waals surface area contributed by atoms with E-state index in [9.17, 15) is 4.79 Å². The SMILES string of the molecule is NC[C@H](N)C(=O)N(CCO)CCO. The quantitative estimate of drug-likeness (QED) is 0.359. The Morgan fingerprint density at radius 1 is 1.31 bits per heavy atom. The van der Waals surface area contributed by atoms with E-state index in [1.165, 1.54) is 4.90 Å². The molecule has 0 spiro atoms. The molecule has 6 nitrogen and oxygen atoms in total. The van der Waals surface area contributed by atoms with Gasteiger partial charge < -0.3 is 26.6 Å². The van der Waals surface area contributed by atoms with Crippen LogP contribution in [-0.4, -0.2) is 59.9 Å². The maximum Gasteiger partial charge on any atom is 0.240 e. The number of aliphatic hydroxyl groups excluding tert-OH is 2. The molecule has 0 aromatic rings. The molecular weight excluding hydrogens is 174 g/mol. The Bertz CT molecular complexity index is 148. The number of hydrogen-bond donors (Lipinski definition) is 4. The molecule has 0 bridgehead atoms. The van der Waals surface area contributed by atoms with Gasteiger partial charge in [0.15, 0.2) is 0 Å². The molecule has 0 aromatic heterocycles. The van der Waals surface area contributed by atoms with E-state index < -0.39 is 6.04 Å². The number of carbonyl (C=O) groups excluding carboxylic acids is 1. The predicted molar refractivity (Wildman–Crippen MR) is 47.8 cm³/mol. The summed E-state index contributed by atoms with van der Waals surface area (Å²) in [7, 11) is 0. The Labute approximate surface area is 77.1 Å². The van der Waals surface area contributed by atoms with Gasteiger partial charge in [-0.25, -0.2) is 0 Å². The molecule has 0 aromatic carbocycles. The zero-order valence-electron chi connectivity index (χ0n) is 7.52. The molecule has 78 valence electrons. The fourth-order valence-corrected chi connectivity index (χ4v) is 0.909. The van der Waals surface area contributed by atoms with Gasteiger partial charge in [0.2, 0.25) is 5.91 Å². The average molecular weight is 191 g/mol. The first kappa shape index (κ1) is 12.3. The first-order valence-corrected chi connectivity index (χ1v) is 4.13. The fraction of sp³-hybridized carbons (Fsp3) is 0.857. The third-order valence-corrected chi connectivity index (χ3v) is 1.62. The van der Waals surface area contributed by atoms with Crippen molar-refractivity contribution in [2.45, 2.75) is 6.04 Å². The summed E-state index contributed by atoms with van der Waals surface area (Å²) in [6.07, 6.45) is 0. The van der Waals surface area contributed by atoms with Gasteiger partial charge in [0.25, 0.3) is 0 Å². The van der Waals surface area contributed by atoms with E-state index in [4.69, 9.17) is 21.7 Å². The highest BCUT2D eigenvalue weighted by molar-refractivity contribution is 5.81. The van der Waals surface area contributed by atoms with Gasteiger partial charge in [-0.15, -0.1) is 0 Å². The van der Waals surface area contributed by atoms with E-state index in [0.717, 1.165) is 0 Å². The fourth-order valence-electron chi connectivity index (χ4n) is 0.909. The molecule has 1 atom stereocenters. The van der Waals surface area contributed by atoms with E-state index in [1.807, 2.05) is 0 Å². The lowest BCUT2D eigenvalue weighted by atomic mass is 10.2. The minimum atomic E-state index is -0.752. The molecule has 0 aliphatic carbocycles. The van der Waals surface area contributed by atoms with Crippen LogP contribution in [0.5, 0.6) is 0 Å². The smallest absolute Gasteiger partial charge is 0.240 e. The van der Waals surface area contributed by atoms with E-state index in [0.29, 0.717) is 0 Å². The monoisotopic (exact) mass is 191 g/mol. The molecule has 0 saturated heterocycles. The molecule has 6 N–H and O–H groups in total. The van der Waals surface area contributed by atoms with Crippen LogP contribution in [-0.2, 0) is 4.79 Å². The summed E-state index contributed by atoms with van der Waals surface area (Å²) in [5, 5.41) is 17.2. The zero-order chi connectivity index (χ0) is 10.3. The van der Waals surface area contributed by atoms with Crippen molar-refractivity contribution in [2.75, 3.05) is 32.8 Å². The Morgan fingerprint density at radius 2 is 1.77 bits per heavy atom. The third-order valence-electron chi connectivity index (χ3n) is 1.62. The number of carbonyl (C=O) groups is 1. The summed E-state index contributed by atoms with van der Waals surface area (Å²) < 4.78 is 0. The average Bonchev–Trinajstić information content (AvgIpc) is 2.15. The second-order valence-corrected chi connectivity index (χ2v) is 2.61. The van der Waals surface area contributed by atoms with Gasteiger partial charge in [0.1, 0.15) is 0 Å². The zero-order valence-corrected chi connectivity index (χ0v) is 7.52. The molecule has 0 saturated carbocycles. The molecule has 13 heavy (non-hydrogen) atoms. The molecule has 0 aliphatic rings. The summed E-state index contributed by atoms with van der Waals surface area (Å²) in [6.45, 7) is 0.110. The van der Waals surface area contributed by atoms with Crippen LogP contribution in [0.25, 0.3) is 0 Å². The summed E-state index contributed by atoms with van der Waals surface area (Å²) in [5.41, 5.74) is 10.6. The molecule has 0 rings (SSSR count). The van der Waals surface area contributed by atoms with Gasteiger partial charge in [-0.2, -0.15) is 0 Å². The third kappa shape index (κ3) is 4.18. The van der Waals surface area contributed by atoms with Crippen molar-refractivity contribution >= 4 is 5.91 Å². The van der Waals surface area contributed by atoms with Crippen molar-refractivity contribution in [2.24, 2.45) is 11.5 Å². The van der Waals surface area contributed by atoms with Crippen LogP contribution in [0.2, 0.25) is 0 Å². The van der Waals surface area contributed by atoms with Gasteiger partial charge in [-0.05, 0) is 0 Å². The topological polar surface area (TPSA) is 113 Å². The minimum Gasteiger partial charge on any atom is -0.395 e. The van der Waals surface area contributed by atoms with Crippen LogP contribution in [0.4, 0.5) is 0 Å². The second kappa shape index (κ2) is 6.79. The lowest BCUT2D eigenvalue weighted by molar-refractivity contribution is -0.133. The summed E-state index contributed by atoms with van der Waals surface area (Å²) in [4.78, 5) is 12.6. The highest BCUT2D eigenvalue weighted by atomic mass is 16.3. The summed E-state index contributed by atoms with van der Waals surface area (Å²) in [6, 6.07) is -0.752. The first-order valence-electron chi connectivity index (χ1n) is 4.13. The number of hydrogen-bond acceptors (Lipinski definition) is 5. The number of nitrogens with zero attached hydrogens (tertiary/aromatic N) is 1. The molecular formula is C7H17N3O3. The van der Waals surface area contributed by atoms with Gasteiger partial charge >= 0.3 is 0 Å². The predicted octanol–water partition coefficient (Wildman–Crippen LogP) is -2.91. The van der Waals surface area contributed by atoms with Crippen LogP contribution < -0.4 is 11.5 Å². The summed E-state index contributed by atoms with van der Waals surface area (Å²) in [5.74, 6) is -0.342. The highest BCUT2D eigenvalue weighted by Crippen LogP contribution is 1.91. The van der Waals surface area contributed by atoms with Gasteiger partial charge in [-0.3, -0.25) is 4.79 Å². The van der Waals surface area contributed by atoms with Crippen LogP contribution in [0.1, 0.15) is 0 Å². The Morgan fingerprint density at radius 3 is 2.08 bits per heavy atom. The van der Waals surface area contributed by atoms with Gasteiger partial charge in [0.05, 0.1) is 19.3 Å². The van der Waals surface area contributed by atoms with Crippen molar-refractivity contribution in [3.05, 3.63) is 0 Å². The van der Waals surface area contributed by atoms with E-state index in [1.54, 1.807) is 0 Å². The Hall–Kier alpha value is -0.690. The second-order valence-electron chi connectivity index (χ2n) is 2.61. The maximum atomic E-state index is 11.4. The Balaban J connectivity index is 4.09. The molecule has 1 amide bonds. The first-order chi connectivity index (χ1) is 6.17. The van der Waals surface area contributed by atoms with Crippen molar-refractivity contribution in [3.63, 3.8) is 0 Å². The van der Waals surface area contributed by atoms with Crippen molar-refractivity contribution in [1.82, 2.24) is 4.90 Å².